The molecule has 0 radical (unpaired) electrons. The zero-order valence-electron chi connectivity index (χ0n) is 9.54. The van der Waals surface area contributed by atoms with Gasteiger partial charge in [-0.15, -0.1) is 11.3 Å². The van der Waals surface area contributed by atoms with E-state index in [1.165, 1.54) is 36.5 Å². The molecule has 0 aliphatic carbocycles. The first-order chi connectivity index (χ1) is 7.92. The molecule has 3 nitrogen and oxygen atoms in total. The summed E-state index contributed by atoms with van der Waals surface area (Å²) in [7, 11) is 0. The minimum absolute atomic E-state index is 0.668. The van der Waals surface area contributed by atoms with Crippen LogP contribution in [0.3, 0.4) is 0 Å². The van der Waals surface area contributed by atoms with Crippen molar-refractivity contribution in [3.63, 3.8) is 0 Å². The first-order valence-corrected chi connectivity index (χ1v) is 7.18. The van der Waals surface area contributed by atoms with Crippen LogP contribution >= 0.6 is 11.3 Å². The van der Waals surface area contributed by atoms with E-state index < -0.39 is 0 Å². The lowest BCUT2D eigenvalue weighted by Gasteiger charge is -2.07. The van der Waals surface area contributed by atoms with Gasteiger partial charge in [0.1, 0.15) is 0 Å². The Balaban J connectivity index is 1.62. The molecule has 4 heteroatoms. The molecule has 2 saturated heterocycles. The average Bonchev–Trinajstić information content (AvgIpc) is 2.99. The maximum atomic E-state index is 4.79. The van der Waals surface area contributed by atoms with E-state index >= 15 is 0 Å². The van der Waals surface area contributed by atoms with Crippen molar-refractivity contribution >= 4 is 11.3 Å². The summed E-state index contributed by atoms with van der Waals surface area (Å²) in [4.78, 5) is 4.79. The zero-order chi connectivity index (χ0) is 10.8. The topological polar surface area (TPSA) is 37.0 Å². The summed E-state index contributed by atoms with van der Waals surface area (Å²) in [6, 6.07) is 0.681. The van der Waals surface area contributed by atoms with Crippen LogP contribution in [-0.2, 0) is 6.42 Å². The monoisotopic (exact) mass is 237 g/mol. The van der Waals surface area contributed by atoms with Crippen molar-refractivity contribution in [2.45, 2.75) is 37.6 Å². The van der Waals surface area contributed by atoms with E-state index in [4.69, 9.17) is 4.98 Å². The normalized spacial score (nSPS) is 30.0. The molecule has 1 aromatic heterocycles. The first-order valence-electron chi connectivity index (χ1n) is 6.30. The standard InChI is InChI=1S/C12H19N3S/c1-2-10(14-4-1)6-12-15-11(8-16-12)9-3-5-13-7-9/h8-10,13-14H,1-7H2. The van der Waals surface area contributed by atoms with Gasteiger partial charge in [-0.25, -0.2) is 4.98 Å². The van der Waals surface area contributed by atoms with Crippen LogP contribution in [-0.4, -0.2) is 30.7 Å². The van der Waals surface area contributed by atoms with Gasteiger partial charge in [0.25, 0.3) is 0 Å². The SMILES string of the molecule is c1sc(CC2CCCN2)nc1C1CCNC1. The summed E-state index contributed by atoms with van der Waals surface area (Å²) in [6.07, 6.45) is 5.03. The van der Waals surface area contributed by atoms with E-state index in [1.807, 2.05) is 11.3 Å². The predicted octanol–water partition coefficient (Wildman–Crippen LogP) is 1.51. The van der Waals surface area contributed by atoms with Crippen LogP contribution in [0, 0.1) is 0 Å². The molecule has 2 aliphatic rings. The number of hydrogen-bond donors (Lipinski definition) is 2. The molecule has 0 saturated carbocycles. The molecule has 3 rings (SSSR count). The molecule has 2 fully saturated rings. The number of hydrogen-bond acceptors (Lipinski definition) is 4. The number of rotatable bonds is 3. The first kappa shape index (κ1) is 10.7. The number of nitrogens with one attached hydrogen (secondary N) is 2. The van der Waals surface area contributed by atoms with Crippen LogP contribution in [0.2, 0.25) is 0 Å². The number of thiazole rings is 1. The van der Waals surface area contributed by atoms with E-state index in [0.717, 1.165) is 19.5 Å². The van der Waals surface area contributed by atoms with E-state index in [-0.39, 0.29) is 0 Å². The second-order valence-corrected chi connectivity index (χ2v) is 5.80. The molecule has 0 bridgehead atoms. The third-order valence-electron chi connectivity index (χ3n) is 3.63. The molecule has 2 unspecified atom stereocenters. The average molecular weight is 237 g/mol. The second kappa shape index (κ2) is 4.82. The fourth-order valence-electron chi connectivity index (χ4n) is 2.66. The Labute approximate surface area is 101 Å². The van der Waals surface area contributed by atoms with Gasteiger partial charge in [-0.05, 0) is 32.4 Å². The Kier molecular flexibility index (Phi) is 3.22. The van der Waals surface area contributed by atoms with Gasteiger partial charge in [0.05, 0.1) is 10.7 Å². The van der Waals surface area contributed by atoms with E-state index in [0.29, 0.717) is 12.0 Å². The summed E-state index contributed by atoms with van der Waals surface area (Å²) >= 11 is 1.84. The van der Waals surface area contributed by atoms with Gasteiger partial charge in [0.15, 0.2) is 0 Å². The highest BCUT2D eigenvalue weighted by Gasteiger charge is 2.21. The van der Waals surface area contributed by atoms with Crippen LogP contribution in [0.15, 0.2) is 5.38 Å². The molecule has 0 aromatic carbocycles. The van der Waals surface area contributed by atoms with Crippen molar-refractivity contribution in [3.8, 4) is 0 Å². The lowest BCUT2D eigenvalue weighted by atomic mass is 10.1. The molecular formula is C12H19N3S. The number of aromatic nitrogens is 1. The second-order valence-electron chi connectivity index (χ2n) is 4.85. The molecule has 1 aromatic rings. The Morgan fingerprint density at radius 3 is 3.12 bits per heavy atom. The highest BCUT2D eigenvalue weighted by molar-refractivity contribution is 7.09. The van der Waals surface area contributed by atoms with Gasteiger partial charge in [0, 0.05) is 30.3 Å². The van der Waals surface area contributed by atoms with Crippen molar-refractivity contribution in [1.82, 2.24) is 15.6 Å². The Bertz CT molecular complexity index is 338. The Hall–Kier alpha value is -0.450. The maximum absolute atomic E-state index is 4.79. The van der Waals surface area contributed by atoms with Gasteiger partial charge < -0.3 is 10.6 Å². The van der Waals surface area contributed by atoms with E-state index in [2.05, 4.69) is 16.0 Å². The minimum Gasteiger partial charge on any atom is -0.316 e. The maximum Gasteiger partial charge on any atom is 0.0943 e. The molecule has 3 heterocycles. The van der Waals surface area contributed by atoms with Crippen molar-refractivity contribution in [2.24, 2.45) is 0 Å². The molecule has 2 aliphatic heterocycles. The van der Waals surface area contributed by atoms with Crippen molar-refractivity contribution in [2.75, 3.05) is 19.6 Å². The smallest absolute Gasteiger partial charge is 0.0943 e. The van der Waals surface area contributed by atoms with Crippen LogP contribution in [0.1, 0.15) is 35.9 Å². The van der Waals surface area contributed by atoms with Crippen LogP contribution in [0.25, 0.3) is 0 Å². The van der Waals surface area contributed by atoms with Gasteiger partial charge in [-0.1, -0.05) is 0 Å². The zero-order valence-corrected chi connectivity index (χ0v) is 10.4. The molecule has 2 N–H and O–H groups in total. The van der Waals surface area contributed by atoms with Crippen molar-refractivity contribution < 1.29 is 0 Å². The number of nitrogens with zero attached hydrogens (tertiary/aromatic N) is 1. The fraction of sp³-hybridized carbons (Fsp3) is 0.750. The molecule has 88 valence electrons. The molecule has 0 amide bonds. The molecule has 16 heavy (non-hydrogen) atoms. The van der Waals surface area contributed by atoms with Crippen LogP contribution in [0.4, 0.5) is 0 Å². The third kappa shape index (κ3) is 2.29. The summed E-state index contributed by atoms with van der Waals surface area (Å²) in [5.41, 5.74) is 1.32. The lowest BCUT2D eigenvalue weighted by molar-refractivity contribution is 0.599. The Morgan fingerprint density at radius 2 is 2.38 bits per heavy atom. The summed E-state index contributed by atoms with van der Waals surface area (Å²) in [5, 5.41) is 10.5. The summed E-state index contributed by atoms with van der Waals surface area (Å²) in [6.45, 7) is 3.46. The third-order valence-corrected chi connectivity index (χ3v) is 4.52. The summed E-state index contributed by atoms with van der Waals surface area (Å²) in [5.74, 6) is 0.668. The Morgan fingerprint density at radius 1 is 1.38 bits per heavy atom. The molecule has 2 atom stereocenters. The van der Waals surface area contributed by atoms with Crippen LogP contribution in [0.5, 0.6) is 0 Å². The largest absolute Gasteiger partial charge is 0.316 e. The van der Waals surface area contributed by atoms with Gasteiger partial charge in [0.2, 0.25) is 0 Å². The van der Waals surface area contributed by atoms with Gasteiger partial charge in [-0.2, -0.15) is 0 Å². The van der Waals surface area contributed by atoms with Crippen molar-refractivity contribution in [3.05, 3.63) is 16.1 Å². The van der Waals surface area contributed by atoms with E-state index in [9.17, 15) is 0 Å². The van der Waals surface area contributed by atoms with Gasteiger partial charge in [-0.3, -0.25) is 0 Å². The minimum atomic E-state index is 0.668. The fourth-order valence-corrected chi connectivity index (χ4v) is 3.61. The molecule has 0 spiro atoms. The summed E-state index contributed by atoms with van der Waals surface area (Å²) < 4.78 is 0. The van der Waals surface area contributed by atoms with E-state index in [1.54, 1.807) is 0 Å². The van der Waals surface area contributed by atoms with Crippen LogP contribution < -0.4 is 10.6 Å². The highest BCUT2D eigenvalue weighted by Crippen LogP contribution is 2.25. The quantitative estimate of drug-likeness (QED) is 0.837. The van der Waals surface area contributed by atoms with Crippen molar-refractivity contribution in [1.29, 1.82) is 0 Å². The van der Waals surface area contributed by atoms with Gasteiger partial charge >= 0.3 is 0 Å². The molecular weight excluding hydrogens is 218 g/mol. The predicted molar refractivity (Wildman–Crippen MR) is 67.1 cm³/mol. The highest BCUT2D eigenvalue weighted by atomic mass is 32.1. The lowest BCUT2D eigenvalue weighted by Crippen LogP contribution is -2.23.